The summed E-state index contributed by atoms with van der Waals surface area (Å²) in [5, 5.41) is 4.65. The van der Waals surface area contributed by atoms with Gasteiger partial charge in [0, 0.05) is 79.3 Å². The first-order valence-electron chi connectivity index (χ1n) is 21.5. The van der Waals surface area contributed by atoms with Crippen molar-refractivity contribution >= 4 is 66.4 Å². The van der Waals surface area contributed by atoms with Crippen LogP contribution in [-0.2, 0) is 31.9 Å². The van der Waals surface area contributed by atoms with Gasteiger partial charge < -0.3 is 13.9 Å². The van der Waals surface area contributed by atoms with E-state index in [0.29, 0.717) is 20.7 Å². The molecule has 6 nitrogen and oxygen atoms in total. The van der Waals surface area contributed by atoms with Crippen LogP contribution in [0, 0.1) is 18.8 Å². The van der Waals surface area contributed by atoms with E-state index in [0.717, 1.165) is 50.0 Å². The third-order valence-corrected chi connectivity index (χ3v) is 13.1. The number of pyridine rings is 1. The third kappa shape index (κ3) is 5.71. The standard InChI is InChI=1S/C56H46N5O.Pt/c1-55(2,3)37-16-15-17-40(30-37)60-36-61(60,53-25-14-13-24-52(53)60)41-32-39(58-48-21-10-7-18-44(48)45-19-8-11-22-49(45)58)33-43(34-41)62-42-26-27-47-46-20-9-12-23-50(46)59(51(47)35-42)54-31-38(28-29-57-54)56(4,5)6;/h7-33,36H,1-6H3;/q-1;/t60-,61?;/m0./s1. The molecule has 63 heavy (non-hydrogen) atoms. The van der Waals surface area contributed by atoms with Gasteiger partial charge in [-0.2, -0.15) is 10.7 Å². The molecule has 2 aliphatic heterocycles. The Bertz CT molecular complexity index is 3420. The van der Waals surface area contributed by atoms with Gasteiger partial charge in [0.15, 0.2) is 12.4 Å². The molecule has 2 atom stereocenters. The van der Waals surface area contributed by atoms with E-state index in [4.69, 9.17) is 9.72 Å². The molecule has 0 radical (unpaired) electrons. The van der Waals surface area contributed by atoms with Gasteiger partial charge in [0.1, 0.15) is 5.82 Å². The largest absolute Gasteiger partial charge is 0.509 e. The first-order valence-corrected chi connectivity index (χ1v) is 21.5. The van der Waals surface area contributed by atoms with Crippen LogP contribution in [0.5, 0.6) is 11.5 Å². The maximum Gasteiger partial charge on any atom is 0.225 e. The van der Waals surface area contributed by atoms with E-state index in [2.05, 4.69) is 221 Å². The first kappa shape index (κ1) is 39.5. The fraction of sp³-hybridized carbons (Fsp3) is 0.143. The quantitative estimate of drug-likeness (QED) is 0.0944. The van der Waals surface area contributed by atoms with E-state index in [-0.39, 0.29) is 31.9 Å². The molecule has 7 aromatic carbocycles. The first-order chi connectivity index (χ1) is 30.0. The molecular weight excluding hydrogens is 954 g/mol. The molecule has 3 aromatic heterocycles. The summed E-state index contributed by atoms with van der Waals surface area (Å²) in [4.78, 5) is 4.91. The third-order valence-electron chi connectivity index (χ3n) is 13.1. The van der Waals surface area contributed by atoms with E-state index >= 15 is 0 Å². The van der Waals surface area contributed by atoms with Crippen molar-refractivity contribution in [2.45, 2.75) is 52.4 Å². The summed E-state index contributed by atoms with van der Waals surface area (Å²) < 4.78 is 12.7. The molecule has 0 N–H and O–H groups in total. The Labute approximate surface area is 382 Å². The van der Waals surface area contributed by atoms with Gasteiger partial charge in [-0.15, -0.1) is 23.6 Å². The molecule has 5 heterocycles. The van der Waals surface area contributed by atoms with Crippen molar-refractivity contribution < 1.29 is 25.8 Å². The van der Waals surface area contributed by atoms with Crippen LogP contribution in [-0.4, -0.2) is 14.1 Å². The zero-order chi connectivity index (χ0) is 42.2. The van der Waals surface area contributed by atoms with Gasteiger partial charge in [0.2, 0.25) is 11.4 Å². The van der Waals surface area contributed by atoms with Crippen LogP contribution in [0.1, 0.15) is 52.7 Å². The Hall–Kier alpha value is -6.30. The maximum atomic E-state index is 7.04. The molecule has 1 saturated heterocycles. The van der Waals surface area contributed by atoms with Crippen molar-refractivity contribution in [2.75, 3.05) is 0 Å². The topological polar surface area (TPSA) is 32.0 Å². The molecule has 0 bridgehead atoms. The minimum Gasteiger partial charge on any atom is -0.509 e. The monoisotopic (exact) mass is 999 g/mol. The minimum atomic E-state index is -0.0347. The van der Waals surface area contributed by atoms with Gasteiger partial charge in [-0.1, -0.05) is 144 Å². The average Bonchev–Trinajstić information content (AvgIpc) is 3.56. The second-order valence-corrected chi connectivity index (χ2v) is 18.9. The van der Waals surface area contributed by atoms with Crippen molar-refractivity contribution in [3.05, 3.63) is 194 Å². The number of quaternary nitrogens is 2. The zero-order valence-electron chi connectivity index (χ0n) is 36.1. The second kappa shape index (κ2) is 13.8. The molecule has 12 rings (SSSR count). The van der Waals surface area contributed by atoms with Gasteiger partial charge in [-0.05, 0) is 57.7 Å². The normalized spacial score (nSPS) is 17.9. The average molecular weight is 1000 g/mol. The number of aromatic nitrogens is 3. The number of fused-ring (bicyclic) bond motifs is 10. The fourth-order valence-corrected chi connectivity index (χ4v) is 9.99. The molecule has 0 aliphatic carbocycles. The van der Waals surface area contributed by atoms with Crippen LogP contribution in [0.2, 0.25) is 0 Å². The smallest absolute Gasteiger partial charge is 0.225 e. The molecule has 0 saturated carbocycles. The van der Waals surface area contributed by atoms with E-state index in [1.54, 1.807) is 0 Å². The Morgan fingerprint density at radius 2 is 1.11 bits per heavy atom. The molecule has 1 fully saturated rings. The van der Waals surface area contributed by atoms with Crippen LogP contribution in [0.25, 0.3) is 55.1 Å². The summed E-state index contributed by atoms with van der Waals surface area (Å²) in [7, 11) is 0. The van der Waals surface area contributed by atoms with Crippen molar-refractivity contribution in [2.24, 2.45) is 0 Å². The van der Waals surface area contributed by atoms with Gasteiger partial charge in [-0.25, -0.2) is 9.58 Å². The number of nitrogens with zero attached hydrogens (tertiary/aromatic N) is 5. The van der Waals surface area contributed by atoms with Crippen LogP contribution in [0.3, 0.4) is 0 Å². The molecule has 0 amide bonds. The van der Waals surface area contributed by atoms with E-state index in [1.165, 1.54) is 39.0 Å². The Morgan fingerprint density at radius 1 is 0.524 bits per heavy atom. The number of ether oxygens (including phenoxy) is 1. The fourth-order valence-electron chi connectivity index (χ4n) is 9.99. The van der Waals surface area contributed by atoms with Gasteiger partial charge >= 0.3 is 0 Å². The minimum absolute atomic E-state index is 0. The predicted molar refractivity (Wildman–Crippen MR) is 255 cm³/mol. The Morgan fingerprint density at radius 3 is 1.78 bits per heavy atom. The molecular formula is C56H46N5OPt-. The SMILES string of the molecule is CC(C)(C)c1cccc([N@+]23[CH-][N+]2(c2[c-]c(Oc4[c-]c5c(cc4)c4ccccc4n5-c4cc(C(C)(C)C)ccn4)cc(-n4c5ccccc5c5ccccc54)c2)c2ccccc23)c1.[Pt]. The maximum absolute atomic E-state index is 7.04. The Kier molecular flexibility index (Phi) is 8.69. The number of para-hydroxylation sites is 5. The van der Waals surface area contributed by atoms with Gasteiger partial charge in [0.25, 0.3) is 0 Å². The second-order valence-electron chi connectivity index (χ2n) is 18.9. The van der Waals surface area contributed by atoms with Crippen LogP contribution in [0.4, 0.5) is 22.7 Å². The predicted octanol–water partition coefficient (Wildman–Crippen LogP) is 14.6. The van der Waals surface area contributed by atoms with E-state index in [1.807, 2.05) is 12.3 Å². The summed E-state index contributed by atoms with van der Waals surface area (Å²) in [6.45, 7) is 16.0. The molecule has 2 aliphatic rings. The Balaban J connectivity index is 0.00000444. The zero-order valence-corrected chi connectivity index (χ0v) is 38.4. The number of hydrogen-bond acceptors (Lipinski definition) is 2. The summed E-state index contributed by atoms with van der Waals surface area (Å²) in [5.41, 5.74) is 12.5. The summed E-state index contributed by atoms with van der Waals surface area (Å²) in [6.07, 6.45) is 1.91. The van der Waals surface area contributed by atoms with E-state index < -0.39 is 0 Å². The van der Waals surface area contributed by atoms with Gasteiger partial charge in [0.05, 0.1) is 16.7 Å². The summed E-state index contributed by atoms with van der Waals surface area (Å²) in [5.74, 6) is 2.07. The van der Waals surface area contributed by atoms with Crippen molar-refractivity contribution in [1.29, 1.82) is 0 Å². The van der Waals surface area contributed by atoms with E-state index in [9.17, 15) is 0 Å². The van der Waals surface area contributed by atoms with Crippen molar-refractivity contribution in [3.63, 3.8) is 0 Å². The van der Waals surface area contributed by atoms with Crippen LogP contribution >= 0.6 is 0 Å². The molecule has 7 heteroatoms. The van der Waals surface area contributed by atoms with Crippen molar-refractivity contribution in [1.82, 2.24) is 23.3 Å². The summed E-state index contributed by atoms with van der Waals surface area (Å²) >= 11 is 0. The van der Waals surface area contributed by atoms with Gasteiger partial charge in [-0.3, -0.25) is 0 Å². The number of benzene rings is 7. The summed E-state index contributed by atoms with van der Waals surface area (Å²) in [6, 6.07) is 64.3. The number of hydrogen-bond donors (Lipinski definition) is 0. The van der Waals surface area contributed by atoms with Crippen LogP contribution in [0.15, 0.2) is 164 Å². The molecule has 1 unspecified atom stereocenters. The molecule has 312 valence electrons. The molecule has 0 spiro atoms. The molecule has 10 aromatic rings. The number of rotatable bonds is 6. The van der Waals surface area contributed by atoms with Crippen molar-refractivity contribution in [3.8, 4) is 23.0 Å². The van der Waals surface area contributed by atoms with Crippen LogP contribution < -0.4 is 13.9 Å².